The molecule has 0 spiro atoms. The Morgan fingerprint density at radius 3 is 2.12 bits per heavy atom. The molecule has 2 aromatic heterocycles. The standard InChI is InChI=1S/C23H29N7O4/c1-22(2)23(3,4)34-14-8-9-17(27-19(14)30-22)28-21-25-12-24-20(29-21)26-13-10-15(31-5)18(33-7)16(11-13)32-6/h8-12H,1-7H3,(H3,24,25,26,27,28,29,30). The maximum absolute atomic E-state index is 6.15. The van der Waals surface area contributed by atoms with Crippen LogP contribution >= 0.6 is 0 Å². The molecule has 1 aliphatic rings. The monoisotopic (exact) mass is 467 g/mol. The first kappa shape index (κ1) is 23.1. The van der Waals surface area contributed by atoms with Crippen LogP contribution in [-0.4, -0.2) is 52.4 Å². The van der Waals surface area contributed by atoms with Gasteiger partial charge in [0.15, 0.2) is 23.1 Å². The summed E-state index contributed by atoms with van der Waals surface area (Å²) in [4.78, 5) is 17.5. The van der Waals surface area contributed by atoms with Crippen LogP contribution in [0.3, 0.4) is 0 Å². The Labute approximate surface area is 198 Å². The van der Waals surface area contributed by atoms with Gasteiger partial charge in [-0.15, -0.1) is 0 Å². The highest BCUT2D eigenvalue weighted by Crippen LogP contribution is 2.41. The van der Waals surface area contributed by atoms with Gasteiger partial charge in [-0.25, -0.2) is 15.0 Å². The molecule has 3 N–H and O–H groups in total. The summed E-state index contributed by atoms with van der Waals surface area (Å²) in [5.41, 5.74) is -0.0426. The van der Waals surface area contributed by atoms with Crippen LogP contribution in [0.15, 0.2) is 30.6 Å². The molecule has 0 bridgehead atoms. The molecule has 1 aliphatic heterocycles. The number of pyridine rings is 1. The second-order valence-corrected chi connectivity index (χ2v) is 8.70. The highest BCUT2D eigenvalue weighted by atomic mass is 16.5. The number of rotatable bonds is 7. The first-order chi connectivity index (χ1) is 16.2. The molecule has 0 saturated carbocycles. The molecule has 0 fully saturated rings. The van der Waals surface area contributed by atoms with E-state index in [-0.39, 0.29) is 5.54 Å². The van der Waals surface area contributed by atoms with Crippen LogP contribution in [-0.2, 0) is 0 Å². The highest BCUT2D eigenvalue weighted by molar-refractivity contribution is 5.66. The van der Waals surface area contributed by atoms with Gasteiger partial charge >= 0.3 is 0 Å². The van der Waals surface area contributed by atoms with Gasteiger partial charge in [0.2, 0.25) is 17.6 Å². The number of fused-ring (bicyclic) bond motifs is 1. The Kier molecular flexibility index (Phi) is 5.94. The zero-order chi connectivity index (χ0) is 24.5. The third-order valence-corrected chi connectivity index (χ3v) is 5.89. The fourth-order valence-electron chi connectivity index (χ4n) is 3.35. The minimum absolute atomic E-state index is 0.309. The van der Waals surface area contributed by atoms with E-state index in [1.54, 1.807) is 33.5 Å². The van der Waals surface area contributed by atoms with Crippen LogP contribution in [0, 0.1) is 0 Å². The number of aromatic nitrogens is 4. The van der Waals surface area contributed by atoms with Crippen molar-refractivity contribution in [3.8, 4) is 23.0 Å². The van der Waals surface area contributed by atoms with E-state index >= 15 is 0 Å². The first-order valence-corrected chi connectivity index (χ1v) is 10.7. The molecule has 0 unspecified atom stereocenters. The molecular formula is C23H29N7O4. The maximum atomic E-state index is 6.15. The number of methoxy groups -OCH3 is 3. The van der Waals surface area contributed by atoms with E-state index in [9.17, 15) is 0 Å². The fourth-order valence-corrected chi connectivity index (χ4v) is 3.35. The summed E-state index contributed by atoms with van der Waals surface area (Å²) in [6.07, 6.45) is 1.40. The Bertz CT molecular complexity index is 1170. The van der Waals surface area contributed by atoms with Gasteiger partial charge in [-0.3, -0.25) is 0 Å². The second kappa shape index (κ2) is 8.73. The quantitative estimate of drug-likeness (QED) is 0.464. The molecule has 3 heterocycles. The summed E-state index contributed by atoms with van der Waals surface area (Å²) < 4.78 is 22.3. The van der Waals surface area contributed by atoms with Crippen LogP contribution in [0.4, 0.5) is 29.2 Å². The molecule has 0 atom stereocenters. The maximum Gasteiger partial charge on any atom is 0.233 e. The zero-order valence-electron chi connectivity index (χ0n) is 20.3. The van der Waals surface area contributed by atoms with Gasteiger partial charge < -0.3 is 34.9 Å². The Morgan fingerprint density at radius 1 is 0.853 bits per heavy atom. The fraction of sp³-hybridized carbons (Fsp3) is 0.391. The van der Waals surface area contributed by atoms with Gasteiger partial charge in [0.1, 0.15) is 17.7 Å². The van der Waals surface area contributed by atoms with Crippen LogP contribution in [0.1, 0.15) is 27.7 Å². The van der Waals surface area contributed by atoms with E-state index in [4.69, 9.17) is 18.9 Å². The van der Waals surface area contributed by atoms with Gasteiger partial charge in [-0.2, -0.15) is 4.98 Å². The number of hydrogen-bond acceptors (Lipinski definition) is 11. The minimum Gasteiger partial charge on any atom is -0.493 e. The zero-order valence-corrected chi connectivity index (χ0v) is 20.3. The van der Waals surface area contributed by atoms with E-state index < -0.39 is 5.60 Å². The molecular weight excluding hydrogens is 438 g/mol. The number of nitrogens with zero attached hydrogens (tertiary/aromatic N) is 4. The lowest BCUT2D eigenvalue weighted by atomic mass is 9.84. The average Bonchev–Trinajstić information content (AvgIpc) is 2.79. The Balaban J connectivity index is 1.55. The number of ether oxygens (including phenoxy) is 4. The molecule has 0 saturated heterocycles. The Morgan fingerprint density at radius 2 is 1.50 bits per heavy atom. The lowest BCUT2D eigenvalue weighted by Crippen LogP contribution is -2.57. The summed E-state index contributed by atoms with van der Waals surface area (Å²) in [5.74, 6) is 4.08. The minimum atomic E-state index is -0.391. The van der Waals surface area contributed by atoms with Crippen molar-refractivity contribution in [3.63, 3.8) is 0 Å². The summed E-state index contributed by atoms with van der Waals surface area (Å²) in [6, 6.07) is 7.20. The molecule has 3 aromatic rings. The second-order valence-electron chi connectivity index (χ2n) is 8.70. The number of anilines is 5. The predicted octanol–water partition coefficient (Wildman–Crippen LogP) is 4.14. The third-order valence-electron chi connectivity index (χ3n) is 5.89. The molecule has 0 aliphatic carbocycles. The lowest BCUT2D eigenvalue weighted by Gasteiger charge is -2.46. The van der Waals surface area contributed by atoms with Crippen LogP contribution < -0.4 is 34.9 Å². The average molecular weight is 468 g/mol. The first-order valence-electron chi connectivity index (χ1n) is 10.7. The summed E-state index contributed by atoms with van der Waals surface area (Å²) in [7, 11) is 4.66. The van der Waals surface area contributed by atoms with Crippen LogP contribution in [0.5, 0.6) is 23.0 Å². The normalized spacial score (nSPS) is 15.3. The summed E-state index contributed by atoms with van der Waals surface area (Å²) in [6.45, 7) is 8.24. The van der Waals surface area contributed by atoms with Crippen molar-refractivity contribution in [2.75, 3.05) is 37.3 Å². The number of benzene rings is 1. The third kappa shape index (κ3) is 4.41. The highest BCUT2D eigenvalue weighted by Gasteiger charge is 2.43. The van der Waals surface area contributed by atoms with Crippen molar-refractivity contribution in [2.45, 2.75) is 38.8 Å². The van der Waals surface area contributed by atoms with Gasteiger partial charge in [0, 0.05) is 17.8 Å². The van der Waals surface area contributed by atoms with E-state index in [0.717, 1.165) is 0 Å². The molecule has 4 rings (SSSR count). The van der Waals surface area contributed by atoms with Crippen molar-refractivity contribution >= 4 is 29.2 Å². The molecule has 11 nitrogen and oxygen atoms in total. The molecule has 0 radical (unpaired) electrons. The van der Waals surface area contributed by atoms with Gasteiger partial charge in [-0.1, -0.05) is 0 Å². The Hall–Kier alpha value is -4.02. The summed E-state index contributed by atoms with van der Waals surface area (Å²) in [5, 5.41) is 9.70. The van der Waals surface area contributed by atoms with Crippen molar-refractivity contribution in [1.82, 2.24) is 19.9 Å². The largest absolute Gasteiger partial charge is 0.493 e. The van der Waals surface area contributed by atoms with E-state index in [1.165, 1.54) is 6.33 Å². The molecule has 11 heteroatoms. The lowest BCUT2D eigenvalue weighted by molar-refractivity contribution is 0.0400. The van der Waals surface area contributed by atoms with Crippen molar-refractivity contribution < 1.29 is 18.9 Å². The SMILES string of the molecule is COc1cc(Nc2ncnc(Nc3ccc4c(n3)NC(C)(C)C(C)(C)O4)n2)cc(OC)c1OC. The van der Waals surface area contributed by atoms with Crippen molar-refractivity contribution in [1.29, 1.82) is 0 Å². The smallest absolute Gasteiger partial charge is 0.233 e. The van der Waals surface area contributed by atoms with E-state index in [0.29, 0.717) is 52.2 Å². The molecule has 180 valence electrons. The molecule has 34 heavy (non-hydrogen) atoms. The van der Waals surface area contributed by atoms with Gasteiger partial charge in [-0.05, 0) is 39.8 Å². The van der Waals surface area contributed by atoms with Crippen LogP contribution in [0.25, 0.3) is 0 Å². The van der Waals surface area contributed by atoms with Crippen molar-refractivity contribution in [3.05, 3.63) is 30.6 Å². The van der Waals surface area contributed by atoms with Gasteiger partial charge in [0.25, 0.3) is 0 Å². The number of nitrogens with one attached hydrogen (secondary N) is 3. The van der Waals surface area contributed by atoms with E-state index in [1.807, 2.05) is 26.0 Å². The topological polar surface area (TPSA) is 125 Å². The van der Waals surface area contributed by atoms with Crippen LogP contribution in [0.2, 0.25) is 0 Å². The predicted molar refractivity (Wildman–Crippen MR) is 129 cm³/mol. The molecule has 0 amide bonds. The molecule has 1 aromatic carbocycles. The van der Waals surface area contributed by atoms with Crippen molar-refractivity contribution in [2.24, 2.45) is 0 Å². The number of hydrogen-bond donors (Lipinski definition) is 3. The van der Waals surface area contributed by atoms with E-state index in [2.05, 4.69) is 49.7 Å². The summed E-state index contributed by atoms with van der Waals surface area (Å²) >= 11 is 0. The van der Waals surface area contributed by atoms with Gasteiger partial charge in [0.05, 0.1) is 26.9 Å².